The van der Waals surface area contributed by atoms with Crippen LogP contribution in [0.15, 0.2) is 0 Å². The summed E-state index contributed by atoms with van der Waals surface area (Å²) >= 11 is 1.99. The van der Waals surface area contributed by atoms with E-state index in [1.165, 1.54) is 0 Å². The molecule has 1 heterocycles. The maximum absolute atomic E-state index is 11.8. The number of nitrogens with one attached hydrogen (secondary N) is 1. The summed E-state index contributed by atoms with van der Waals surface area (Å²) in [6.07, 6.45) is 1.16. The molecule has 15 heavy (non-hydrogen) atoms. The highest BCUT2D eigenvalue weighted by atomic mass is 32.2. The maximum Gasteiger partial charge on any atom is 0.236 e. The van der Waals surface area contributed by atoms with Crippen LogP contribution in [0.3, 0.4) is 0 Å². The third-order valence-electron chi connectivity index (χ3n) is 2.61. The summed E-state index contributed by atoms with van der Waals surface area (Å²) in [5.74, 6) is 1.34. The Bertz CT molecular complexity index is 209. The zero-order valence-electron chi connectivity index (χ0n) is 9.95. The van der Waals surface area contributed by atoms with E-state index in [2.05, 4.69) is 26.1 Å². The lowest BCUT2D eigenvalue weighted by atomic mass is 10.3. The second kappa shape index (κ2) is 6.38. The van der Waals surface area contributed by atoms with Gasteiger partial charge < -0.3 is 10.2 Å². The fraction of sp³-hybridized carbons (Fsp3) is 0.909. The molecule has 1 aliphatic rings. The van der Waals surface area contributed by atoms with Crippen LogP contribution in [-0.2, 0) is 4.79 Å². The minimum Gasteiger partial charge on any atom is -0.340 e. The molecule has 0 aromatic heterocycles. The van der Waals surface area contributed by atoms with E-state index in [-0.39, 0.29) is 5.91 Å². The van der Waals surface area contributed by atoms with Gasteiger partial charge in [0.2, 0.25) is 5.91 Å². The summed E-state index contributed by atoms with van der Waals surface area (Å²) in [5, 5.41) is 3.82. The van der Waals surface area contributed by atoms with Crippen LogP contribution in [-0.4, -0.2) is 47.5 Å². The molecule has 1 aliphatic heterocycles. The third kappa shape index (κ3) is 4.43. The van der Waals surface area contributed by atoms with Crippen molar-refractivity contribution < 1.29 is 4.79 Å². The van der Waals surface area contributed by atoms with Gasteiger partial charge in [-0.3, -0.25) is 4.79 Å². The van der Waals surface area contributed by atoms with Crippen LogP contribution in [0.1, 0.15) is 27.2 Å². The first-order valence-corrected chi connectivity index (χ1v) is 6.81. The van der Waals surface area contributed by atoms with E-state index >= 15 is 0 Å². The van der Waals surface area contributed by atoms with Gasteiger partial charge >= 0.3 is 0 Å². The van der Waals surface area contributed by atoms with E-state index in [0.29, 0.717) is 17.8 Å². The molecule has 1 rings (SSSR count). The summed E-state index contributed by atoms with van der Waals surface area (Å²) in [6, 6.07) is 0.384. The van der Waals surface area contributed by atoms with Crippen molar-refractivity contribution in [2.45, 2.75) is 38.5 Å². The zero-order chi connectivity index (χ0) is 11.3. The largest absolute Gasteiger partial charge is 0.340 e. The molecule has 0 bridgehead atoms. The molecule has 1 unspecified atom stereocenters. The SMILES string of the molecule is CCC1CN(C(=O)CNC(C)C)CCS1. The second-order valence-corrected chi connectivity index (χ2v) is 5.68. The Morgan fingerprint density at radius 3 is 2.93 bits per heavy atom. The highest BCUT2D eigenvalue weighted by molar-refractivity contribution is 8.00. The van der Waals surface area contributed by atoms with E-state index in [1.54, 1.807) is 0 Å². The van der Waals surface area contributed by atoms with Gasteiger partial charge in [0, 0.05) is 30.1 Å². The number of hydrogen-bond acceptors (Lipinski definition) is 3. The first kappa shape index (κ1) is 12.8. The quantitative estimate of drug-likeness (QED) is 0.791. The van der Waals surface area contributed by atoms with Crippen LogP contribution in [0.25, 0.3) is 0 Å². The van der Waals surface area contributed by atoms with Gasteiger partial charge in [-0.25, -0.2) is 0 Å². The molecule has 4 heteroatoms. The molecule has 0 spiro atoms. The van der Waals surface area contributed by atoms with Gasteiger partial charge in [0.15, 0.2) is 0 Å². The van der Waals surface area contributed by atoms with Crippen LogP contribution in [0.5, 0.6) is 0 Å². The van der Waals surface area contributed by atoms with Crippen molar-refractivity contribution in [1.82, 2.24) is 10.2 Å². The summed E-state index contributed by atoms with van der Waals surface area (Å²) in [4.78, 5) is 13.8. The number of hydrogen-bond donors (Lipinski definition) is 1. The van der Waals surface area contributed by atoms with Crippen molar-refractivity contribution in [3.63, 3.8) is 0 Å². The molecule has 88 valence electrons. The average Bonchev–Trinajstić information content (AvgIpc) is 2.26. The molecule has 1 fully saturated rings. The van der Waals surface area contributed by atoms with Crippen molar-refractivity contribution in [3.8, 4) is 0 Å². The van der Waals surface area contributed by atoms with Crippen molar-refractivity contribution in [2.24, 2.45) is 0 Å². The molecular formula is C11H22N2OS. The highest BCUT2D eigenvalue weighted by Gasteiger charge is 2.22. The second-order valence-electron chi connectivity index (χ2n) is 4.28. The van der Waals surface area contributed by atoms with Gasteiger partial charge in [-0.2, -0.15) is 11.8 Å². The fourth-order valence-corrected chi connectivity index (χ4v) is 2.78. The van der Waals surface area contributed by atoms with E-state index in [9.17, 15) is 4.79 Å². The maximum atomic E-state index is 11.8. The Balaban J connectivity index is 2.32. The van der Waals surface area contributed by atoms with Crippen LogP contribution in [0.2, 0.25) is 0 Å². The average molecular weight is 230 g/mol. The van der Waals surface area contributed by atoms with Crippen LogP contribution in [0, 0.1) is 0 Å². The van der Waals surface area contributed by atoms with Crippen molar-refractivity contribution >= 4 is 17.7 Å². The van der Waals surface area contributed by atoms with E-state index in [0.717, 1.165) is 25.3 Å². The highest BCUT2D eigenvalue weighted by Crippen LogP contribution is 2.20. The van der Waals surface area contributed by atoms with Crippen LogP contribution >= 0.6 is 11.8 Å². The lowest BCUT2D eigenvalue weighted by molar-refractivity contribution is -0.130. The number of carbonyl (C=O) groups excluding carboxylic acids is 1. The van der Waals surface area contributed by atoms with Gasteiger partial charge in [-0.1, -0.05) is 20.8 Å². The van der Waals surface area contributed by atoms with Crippen LogP contribution < -0.4 is 5.32 Å². The molecule has 1 saturated heterocycles. The molecule has 1 N–H and O–H groups in total. The predicted octanol–water partition coefficient (Wildman–Crippen LogP) is 1.34. The molecule has 0 aromatic rings. The first-order chi connectivity index (χ1) is 7.13. The van der Waals surface area contributed by atoms with Gasteiger partial charge in [0.1, 0.15) is 0 Å². The van der Waals surface area contributed by atoms with Gasteiger partial charge in [0.25, 0.3) is 0 Å². The number of thioether (sulfide) groups is 1. The molecule has 1 atom stereocenters. The Kier molecular flexibility index (Phi) is 5.47. The number of nitrogens with zero attached hydrogens (tertiary/aromatic N) is 1. The number of rotatable bonds is 4. The van der Waals surface area contributed by atoms with Gasteiger partial charge in [0.05, 0.1) is 6.54 Å². The Hall–Kier alpha value is -0.220. The monoisotopic (exact) mass is 230 g/mol. The summed E-state index contributed by atoms with van der Waals surface area (Å²) in [5.41, 5.74) is 0. The van der Waals surface area contributed by atoms with Gasteiger partial charge in [-0.15, -0.1) is 0 Å². The lowest BCUT2D eigenvalue weighted by Gasteiger charge is -2.32. The van der Waals surface area contributed by atoms with Crippen LogP contribution in [0.4, 0.5) is 0 Å². The molecule has 0 saturated carbocycles. The summed E-state index contributed by atoms with van der Waals surface area (Å²) in [7, 11) is 0. The van der Waals surface area contributed by atoms with Crippen molar-refractivity contribution in [3.05, 3.63) is 0 Å². The molecule has 0 aromatic carbocycles. The topological polar surface area (TPSA) is 32.3 Å². The molecule has 0 radical (unpaired) electrons. The van der Waals surface area contributed by atoms with Crippen molar-refractivity contribution in [1.29, 1.82) is 0 Å². The molecular weight excluding hydrogens is 208 g/mol. The van der Waals surface area contributed by atoms with E-state index < -0.39 is 0 Å². The van der Waals surface area contributed by atoms with Gasteiger partial charge in [-0.05, 0) is 6.42 Å². The molecule has 0 aliphatic carbocycles. The van der Waals surface area contributed by atoms with Crippen molar-refractivity contribution in [2.75, 3.05) is 25.4 Å². The standard InChI is InChI=1S/C11H22N2OS/c1-4-10-8-13(5-6-15-10)11(14)7-12-9(2)3/h9-10,12H,4-8H2,1-3H3. The third-order valence-corrected chi connectivity index (χ3v) is 3.98. The van der Waals surface area contributed by atoms with E-state index in [1.807, 2.05) is 16.7 Å². The Labute approximate surface area is 97.0 Å². The molecule has 3 nitrogen and oxygen atoms in total. The smallest absolute Gasteiger partial charge is 0.236 e. The zero-order valence-corrected chi connectivity index (χ0v) is 10.8. The Morgan fingerprint density at radius 2 is 2.33 bits per heavy atom. The predicted molar refractivity (Wildman–Crippen MR) is 66.3 cm³/mol. The number of amides is 1. The lowest BCUT2D eigenvalue weighted by Crippen LogP contribution is -2.46. The minimum atomic E-state index is 0.252. The van der Waals surface area contributed by atoms with E-state index in [4.69, 9.17) is 0 Å². The number of carbonyl (C=O) groups is 1. The normalized spacial score (nSPS) is 22.1. The summed E-state index contributed by atoms with van der Waals surface area (Å²) < 4.78 is 0. The Morgan fingerprint density at radius 1 is 1.60 bits per heavy atom. The molecule has 1 amide bonds. The minimum absolute atomic E-state index is 0.252. The first-order valence-electron chi connectivity index (χ1n) is 5.76. The summed E-state index contributed by atoms with van der Waals surface area (Å²) in [6.45, 7) is 8.65. The fourth-order valence-electron chi connectivity index (χ4n) is 1.60.